The molecule has 0 fully saturated rings. The maximum atomic E-state index is 13.4. The molecule has 1 aromatic carbocycles. The summed E-state index contributed by atoms with van der Waals surface area (Å²) in [4.78, 5) is 36.3. The molecule has 0 saturated heterocycles. The molecule has 0 aliphatic rings. The molecule has 160 valence electrons. The molecule has 1 aromatic rings. The predicted octanol–water partition coefficient (Wildman–Crippen LogP) is 3.06. The Bertz CT molecular complexity index is 693. The number of esters is 1. The average molecular weight is 406 g/mol. The van der Waals surface area contributed by atoms with Gasteiger partial charge in [-0.15, -0.1) is 6.58 Å². The fourth-order valence-electron chi connectivity index (χ4n) is 3.01. The third-order valence-corrected chi connectivity index (χ3v) is 4.48. The minimum atomic E-state index is -0.922. The molecular formula is C22H31FN2O4. The minimum absolute atomic E-state index is 0.110. The predicted molar refractivity (Wildman–Crippen MR) is 110 cm³/mol. The molecule has 0 radical (unpaired) electrons. The number of carbonyl (C=O) groups excluding carboxylic acids is 3. The van der Waals surface area contributed by atoms with E-state index >= 15 is 0 Å². The van der Waals surface area contributed by atoms with Gasteiger partial charge in [0.25, 0.3) is 0 Å². The summed E-state index contributed by atoms with van der Waals surface area (Å²) in [6, 6.07) is 4.11. The number of hydrogen-bond acceptors (Lipinski definition) is 4. The van der Waals surface area contributed by atoms with Crippen LogP contribution >= 0.6 is 0 Å². The number of hydrogen-bond donors (Lipinski definition) is 2. The summed E-state index contributed by atoms with van der Waals surface area (Å²) >= 11 is 0. The van der Waals surface area contributed by atoms with E-state index in [0.29, 0.717) is 12.0 Å². The van der Waals surface area contributed by atoms with Crippen molar-refractivity contribution < 1.29 is 23.5 Å². The lowest BCUT2D eigenvalue weighted by Crippen LogP contribution is -2.52. The molecule has 0 bridgehead atoms. The van der Waals surface area contributed by atoms with Gasteiger partial charge in [0.05, 0.1) is 7.11 Å². The van der Waals surface area contributed by atoms with Gasteiger partial charge in [0, 0.05) is 13.3 Å². The van der Waals surface area contributed by atoms with Crippen LogP contribution in [-0.4, -0.2) is 37.0 Å². The van der Waals surface area contributed by atoms with E-state index in [9.17, 15) is 18.8 Å². The second kappa shape index (κ2) is 13.5. The quantitative estimate of drug-likeness (QED) is 0.300. The number of ether oxygens (including phenoxy) is 1. The van der Waals surface area contributed by atoms with Crippen molar-refractivity contribution in [2.75, 3.05) is 7.11 Å². The van der Waals surface area contributed by atoms with Gasteiger partial charge in [0.15, 0.2) is 0 Å². The molecule has 7 heteroatoms. The van der Waals surface area contributed by atoms with Crippen LogP contribution in [0, 0.1) is 5.82 Å². The monoisotopic (exact) mass is 406 g/mol. The number of carbonyl (C=O) groups is 3. The third-order valence-electron chi connectivity index (χ3n) is 4.48. The van der Waals surface area contributed by atoms with Crippen LogP contribution in [0.25, 0.3) is 0 Å². The molecule has 0 heterocycles. The van der Waals surface area contributed by atoms with E-state index in [1.807, 2.05) is 6.08 Å². The lowest BCUT2D eigenvalue weighted by molar-refractivity contribution is -0.145. The lowest BCUT2D eigenvalue weighted by Gasteiger charge is -2.22. The Hall–Kier alpha value is -2.70. The van der Waals surface area contributed by atoms with Gasteiger partial charge in [-0.05, 0) is 37.0 Å². The van der Waals surface area contributed by atoms with E-state index < -0.39 is 35.7 Å². The topological polar surface area (TPSA) is 84.5 Å². The van der Waals surface area contributed by atoms with Gasteiger partial charge < -0.3 is 15.4 Å². The molecular weight excluding hydrogens is 375 g/mol. The Kier molecular flexibility index (Phi) is 11.3. The van der Waals surface area contributed by atoms with E-state index in [4.69, 9.17) is 4.74 Å². The zero-order valence-corrected chi connectivity index (χ0v) is 17.2. The summed E-state index contributed by atoms with van der Waals surface area (Å²) < 4.78 is 18.2. The molecule has 1 rings (SSSR count). The van der Waals surface area contributed by atoms with Crippen molar-refractivity contribution >= 4 is 17.8 Å². The first kappa shape index (κ1) is 24.3. The number of halogens is 1. The van der Waals surface area contributed by atoms with Crippen molar-refractivity contribution in [1.82, 2.24) is 10.6 Å². The van der Waals surface area contributed by atoms with Crippen LogP contribution in [0.4, 0.5) is 4.39 Å². The van der Waals surface area contributed by atoms with Gasteiger partial charge in [0.2, 0.25) is 11.8 Å². The highest BCUT2D eigenvalue weighted by atomic mass is 19.1. The van der Waals surface area contributed by atoms with Crippen molar-refractivity contribution in [2.45, 2.75) is 64.0 Å². The molecule has 2 N–H and O–H groups in total. The number of amides is 2. The van der Waals surface area contributed by atoms with Crippen LogP contribution in [0.5, 0.6) is 0 Å². The van der Waals surface area contributed by atoms with E-state index in [2.05, 4.69) is 17.2 Å². The van der Waals surface area contributed by atoms with Crippen LogP contribution in [0.15, 0.2) is 36.9 Å². The van der Waals surface area contributed by atoms with Crippen LogP contribution in [0.2, 0.25) is 0 Å². The highest BCUT2D eigenvalue weighted by molar-refractivity contribution is 5.90. The summed E-state index contributed by atoms with van der Waals surface area (Å²) in [7, 11) is 1.27. The highest BCUT2D eigenvalue weighted by Gasteiger charge is 2.26. The SMILES string of the molecule is C=CCCCCCC[C@H](NC(=O)[C@H](Cc1cccc(F)c1)NC(C)=O)C(=O)OC. The maximum Gasteiger partial charge on any atom is 0.328 e. The Labute approximate surface area is 171 Å². The number of benzene rings is 1. The second-order valence-electron chi connectivity index (χ2n) is 6.95. The smallest absolute Gasteiger partial charge is 0.328 e. The third kappa shape index (κ3) is 9.87. The zero-order chi connectivity index (χ0) is 21.6. The van der Waals surface area contributed by atoms with Crippen LogP contribution < -0.4 is 10.6 Å². The summed E-state index contributed by atoms with van der Waals surface area (Å²) in [5.41, 5.74) is 0.565. The average Bonchev–Trinajstić information content (AvgIpc) is 2.68. The molecule has 0 saturated carbocycles. The summed E-state index contributed by atoms with van der Waals surface area (Å²) in [5.74, 6) is -1.85. The summed E-state index contributed by atoms with van der Waals surface area (Å²) in [6.45, 7) is 4.98. The van der Waals surface area contributed by atoms with Gasteiger partial charge in [-0.3, -0.25) is 9.59 Å². The molecule has 0 aromatic heterocycles. The molecule has 6 nitrogen and oxygen atoms in total. The number of nitrogens with one attached hydrogen (secondary N) is 2. The van der Waals surface area contributed by atoms with E-state index in [1.54, 1.807) is 6.07 Å². The first-order valence-corrected chi connectivity index (χ1v) is 9.88. The molecule has 0 unspecified atom stereocenters. The Balaban J connectivity index is 2.73. The minimum Gasteiger partial charge on any atom is -0.467 e. The largest absolute Gasteiger partial charge is 0.467 e. The number of unbranched alkanes of at least 4 members (excludes halogenated alkanes) is 4. The number of rotatable bonds is 13. The highest BCUT2D eigenvalue weighted by Crippen LogP contribution is 2.11. The van der Waals surface area contributed by atoms with Crippen molar-refractivity contribution in [3.8, 4) is 0 Å². The van der Waals surface area contributed by atoms with E-state index in [1.165, 1.54) is 32.2 Å². The van der Waals surface area contributed by atoms with Crippen molar-refractivity contribution in [3.63, 3.8) is 0 Å². The van der Waals surface area contributed by atoms with E-state index in [-0.39, 0.29) is 6.42 Å². The van der Waals surface area contributed by atoms with Gasteiger partial charge in [-0.1, -0.05) is 37.5 Å². The normalized spacial score (nSPS) is 12.5. The van der Waals surface area contributed by atoms with Crippen molar-refractivity contribution in [1.29, 1.82) is 0 Å². The number of methoxy groups -OCH3 is 1. The zero-order valence-electron chi connectivity index (χ0n) is 17.2. The Morgan fingerprint density at radius 1 is 1.14 bits per heavy atom. The molecule has 29 heavy (non-hydrogen) atoms. The van der Waals surface area contributed by atoms with Crippen LogP contribution in [-0.2, 0) is 25.5 Å². The van der Waals surface area contributed by atoms with Crippen LogP contribution in [0.3, 0.4) is 0 Å². The van der Waals surface area contributed by atoms with Gasteiger partial charge in [0.1, 0.15) is 17.9 Å². The molecule has 0 aliphatic heterocycles. The Morgan fingerprint density at radius 2 is 1.86 bits per heavy atom. The first-order valence-electron chi connectivity index (χ1n) is 9.88. The van der Waals surface area contributed by atoms with Gasteiger partial charge >= 0.3 is 5.97 Å². The summed E-state index contributed by atoms with van der Waals surface area (Å²) in [5, 5.41) is 5.24. The molecule has 0 aliphatic carbocycles. The molecule has 2 amide bonds. The van der Waals surface area contributed by atoms with Crippen LogP contribution in [0.1, 0.15) is 51.0 Å². The summed E-state index contributed by atoms with van der Waals surface area (Å²) in [6.07, 6.45) is 7.12. The van der Waals surface area contributed by atoms with E-state index in [0.717, 1.165) is 32.1 Å². The van der Waals surface area contributed by atoms with Gasteiger partial charge in [-0.2, -0.15) is 0 Å². The lowest BCUT2D eigenvalue weighted by atomic mass is 10.0. The van der Waals surface area contributed by atoms with Gasteiger partial charge in [-0.25, -0.2) is 9.18 Å². The molecule has 2 atom stereocenters. The first-order chi connectivity index (χ1) is 13.9. The number of allylic oxidation sites excluding steroid dienone is 1. The Morgan fingerprint density at radius 3 is 2.48 bits per heavy atom. The van der Waals surface area contributed by atoms with Crippen molar-refractivity contribution in [3.05, 3.63) is 48.3 Å². The fraction of sp³-hybridized carbons (Fsp3) is 0.500. The fourth-order valence-corrected chi connectivity index (χ4v) is 3.01. The standard InChI is InChI=1S/C22H31FN2O4/c1-4-5-6-7-8-9-13-19(22(28)29-3)25-21(27)20(24-16(2)26)15-17-11-10-12-18(23)14-17/h4,10-12,14,19-20H,1,5-9,13,15H2,2-3H3,(H,24,26)(H,25,27)/t19-,20-/m0/s1. The maximum absolute atomic E-state index is 13.4. The molecule has 0 spiro atoms. The van der Waals surface area contributed by atoms with Crippen molar-refractivity contribution in [2.24, 2.45) is 0 Å². The second-order valence-corrected chi connectivity index (χ2v) is 6.95.